The van der Waals surface area contributed by atoms with Gasteiger partial charge in [0.25, 0.3) is 0 Å². The van der Waals surface area contributed by atoms with Gasteiger partial charge in [0.05, 0.1) is 0 Å². The van der Waals surface area contributed by atoms with E-state index in [1.165, 1.54) is 218 Å². The molecule has 0 amide bonds. The number of esters is 3. The molecule has 1 unspecified atom stereocenters. The molecule has 0 rings (SSSR count). The summed E-state index contributed by atoms with van der Waals surface area (Å²) in [5.41, 5.74) is 0. The fraction of sp³-hybridized carbons (Fsp3) is 0.819. The lowest BCUT2D eigenvalue weighted by molar-refractivity contribution is -0.167. The first-order valence-corrected chi connectivity index (χ1v) is 34.3. The predicted molar refractivity (Wildman–Crippen MR) is 339 cm³/mol. The Morgan fingerprint density at radius 2 is 0.500 bits per heavy atom. The smallest absolute Gasteiger partial charge is 0.306 e. The molecule has 6 heteroatoms. The Morgan fingerprint density at radius 1 is 0.269 bits per heavy atom. The largest absolute Gasteiger partial charge is 0.462 e. The van der Waals surface area contributed by atoms with Gasteiger partial charge < -0.3 is 14.2 Å². The molecule has 6 nitrogen and oxygen atoms in total. The molecule has 0 aliphatic heterocycles. The van der Waals surface area contributed by atoms with Gasteiger partial charge in [-0.25, -0.2) is 0 Å². The van der Waals surface area contributed by atoms with Gasteiger partial charge >= 0.3 is 17.9 Å². The minimum Gasteiger partial charge on any atom is -0.462 e. The molecule has 0 N–H and O–H groups in total. The van der Waals surface area contributed by atoms with Gasteiger partial charge in [0, 0.05) is 19.3 Å². The molecule has 0 aromatic carbocycles. The fourth-order valence-electron chi connectivity index (χ4n) is 10.1. The lowest BCUT2D eigenvalue weighted by atomic mass is 10.0. The van der Waals surface area contributed by atoms with Crippen molar-refractivity contribution in [2.75, 3.05) is 13.2 Å². The molecule has 454 valence electrons. The highest BCUT2D eigenvalue weighted by Crippen LogP contribution is 2.18. The molecular formula is C72H130O6. The highest BCUT2D eigenvalue weighted by Gasteiger charge is 2.19. The summed E-state index contributed by atoms with van der Waals surface area (Å²) in [5, 5.41) is 0. The Labute approximate surface area is 485 Å². The van der Waals surface area contributed by atoms with Gasteiger partial charge in [-0.15, -0.1) is 0 Å². The van der Waals surface area contributed by atoms with E-state index in [2.05, 4.69) is 81.5 Å². The molecule has 0 saturated carbocycles. The zero-order valence-electron chi connectivity index (χ0n) is 52.2. The molecule has 0 aliphatic rings. The molecule has 78 heavy (non-hydrogen) atoms. The van der Waals surface area contributed by atoms with Crippen LogP contribution in [0.3, 0.4) is 0 Å². The van der Waals surface area contributed by atoms with Crippen LogP contribution in [0, 0.1) is 0 Å². The van der Waals surface area contributed by atoms with Crippen LogP contribution in [0.1, 0.15) is 361 Å². The molecule has 0 aliphatic carbocycles. The number of carbonyl (C=O) groups excluding carboxylic acids is 3. The zero-order chi connectivity index (χ0) is 56.4. The standard InChI is InChI=1S/C72H130O6/c1-4-7-10-13-16-19-22-24-26-27-28-29-30-31-32-33-34-35-36-37-38-39-40-41-42-43-44-45-47-48-50-53-56-59-62-65-71(74)77-68-69(67-76-70(73)64-61-58-55-52-21-18-15-12-9-6-3)78-72(75)66-63-60-57-54-51-49-46-25-23-20-17-14-11-8-5-2/h8,11,17,20,22,24-25,27-28,46,69H,4-7,9-10,12-16,18-19,21,23,26,29-45,47-68H2,1-3H3/b11-8-,20-17-,24-22-,28-27-,46-25-. The van der Waals surface area contributed by atoms with Crippen molar-refractivity contribution in [3.8, 4) is 0 Å². The van der Waals surface area contributed by atoms with Crippen molar-refractivity contribution in [1.29, 1.82) is 0 Å². The monoisotopic (exact) mass is 1090 g/mol. The van der Waals surface area contributed by atoms with Crippen molar-refractivity contribution in [2.45, 2.75) is 367 Å². The normalized spacial score (nSPS) is 12.4. The highest BCUT2D eigenvalue weighted by atomic mass is 16.6. The van der Waals surface area contributed by atoms with E-state index in [1.807, 2.05) is 0 Å². The Hall–Kier alpha value is -2.89. The predicted octanol–water partition coefficient (Wildman–Crippen LogP) is 23.5. The van der Waals surface area contributed by atoms with E-state index < -0.39 is 6.10 Å². The summed E-state index contributed by atoms with van der Waals surface area (Å²) in [6.45, 7) is 6.53. The summed E-state index contributed by atoms with van der Waals surface area (Å²) in [6.07, 6.45) is 85.6. The van der Waals surface area contributed by atoms with Crippen molar-refractivity contribution in [2.24, 2.45) is 0 Å². The van der Waals surface area contributed by atoms with Crippen LogP contribution in [0.2, 0.25) is 0 Å². The first-order chi connectivity index (χ1) is 38.5. The maximum absolute atomic E-state index is 12.9. The summed E-state index contributed by atoms with van der Waals surface area (Å²) in [7, 11) is 0. The lowest BCUT2D eigenvalue weighted by Gasteiger charge is -2.18. The Balaban J connectivity index is 4.01. The molecule has 0 saturated heterocycles. The average molecular weight is 1090 g/mol. The molecule has 0 heterocycles. The minimum absolute atomic E-state index is 0.0765. The number of rotatable bonds is 63. The van der Waals surface area contributed by atoms with Crippen LogP contribution in [0.15, 0.2) is 60.8 Å². The first-order valence-electron chi connectivity index (χ1n) is 34.3. The van der Waals surface area contributed by atoms with E-state index in [-0.39, 0.29) is 31.1 Å². The number of ether oxygens (including phenoxy) is 3. The minimum atomic E-state index is -0.779. The molecule has 1 atom stereocenters. The van der Waals surface area contributed by atoms with Crippen LogP contribution in [0.5, 0.6) is 0 Å². The first kappa shape index (κ1) is 75.1. The highest BCUT2D eigenvalue weighted by molar-refractivity contribution is 5.71. The average Bonchev–Trinajstić information content (AvgIpc) is 3.44. The van der Waals surface area contributed by atoms with E-state index in [4.69, 9.17) is 14.2 Å². The summed E-state index contributed by atoms with van der Waals surface area (Å²) in [4.78, 5) is 38.2. The van der Waals surface area contributed by atoms with E-state index in [0.717, 1.165) is 103 Å². The maximum atomic E-state index is 12.9. The van der Waals surface area contributed by atoms with Gasteiger partial charge in [-0.05, 0) is 83.5 Å². The van der Waals surface area contributed by atoms with Crippen LogP contribution in [0.25, 0.3) is 0 Å². The lowest BCUT2D eigenvalue weighted by Crippen LogP contribution is -2.30. The van der Waals surface area contributed by atoms with Crippen LogP contribution >= 0.6 is 0 Å². The van der Waals surface area contributed by atoms with Crippen molar-refractivity contribution >= 4 is 17.9 Å². The van der Waals surface area contributed by atoms with Gasteiger partial charge in [-0.3, -0.25) is 14.4 Å². The molecular weight excluding hydrogens is 961 g/mol. The number of unbranched alkanes of at least 4 members (excludes halogenated alkanes) is 42. The topological polar surface area (TPSA) is 78.9 Å². The summed E-state index contributed by atoms with van der Waals surface area (Å²) in [6, 6.07) is 0. The quantitative estimate of drug-likeness (QED) is 0.0261. The molecule has 0 bridgehead atoms. The molecule has 0 aromatic rings. The van der Waals surface area contributed by atoms with Crippen LogP contribution in [-0.4, -0.2) is 37.2 Å². The van der Waals surface area contributed by atoms with E-state index in [9.17, 15) is 14.4 Å². The molecule has 0 spiro atoms. The Morgan fingerprint density at radius 3 is 0.782 bits per heavy atom. The molecule has 0 fully saturated rings. The van der Waals surface area contributed by atoms with Crippen molar-refractivity contribution < 1.29 is 28.6 Å². The number of hydrogen-bond acceptors (Lipinski definition) is 6. The second-order valence-electron chi connectivity index (χ2n) is 23.1. The zero-order valence-corrected chi connectivity index (χ0v) is 52.2. The second-order valence-corrected chi connectivity index (χ2v) is 23.1. The second kappa shape index (κ2) is 66.6. The third-order valence-corrected chi connectivity index (χ3v) is 15.3. The SMILES string of the molecule is CC/C=C\C/C=C\C/C=C\CCCCCCCC(=O)OC(COC(=O)CCCCCCCCCCCC)COC(=O)CCCCCCCCCCCCCCCCCCCCCCCCC/C=C\C/C=C\CCCCCCC. The Bertz CT molecular complexity index is 1390. The number of carbonyl (C=O) groups is 3. The Kier molecular flexibility index (Phi) is 64.2. The van der Waals surface area contributed by atoms with Crippen LogP contribution in [0.4, 0.5) is 0 Å². The van der Waals surface area contributed by atoms with E-state index >= 15 is 0 Å². The number of allylic oxidation sites excluding steroid dienone is 10. The van der Waals surface area contributed by atoms with Gasteiger partial charge in [-0.1, -0.05) is 319 Å². The summed E-state index contributed by atoms with van der Waals surface area (Å²) < 4.78 is 16.9. The van der Waals surface area contributed by atoms with Gasteiger partial charge in [0.2, 0.25) is 0 Å². The molecule has 0 radical (unpaired) electrons. The third-order valence-electron chi connectivity index (χ3n) is 15.3. The van der Waals surface area contributed by atoms with E-state index in [0.29, 0.717) is 19.3 Å². The molecule has 0 aromatic heterocycles. The van der Waals surface area contributed by atoms with Gasteiger partial charge in [0.15, 0.2) is 6.10 Å². The summed E-state index contributed by atoms with van der Waals surface area (Å²) in [5.74, 6) is -0.877. The van der Waals surface area contributed by atoms with Gasteiger partial charge in [-0.2, -0.15) is 0 Å². The summed E-state index contributed by atoms with van der Waals surface area (Å²) >= 11 is 0. The number of hydrogen-bond donors (Lipinski definition) is 0. The van der Waals surface area contributed by atoms with Crippen molar-refractivity contribution in [1.82, 2.24) is 0 Å². The van der Waals surface area contributed by atoms with Gasteiger partial charge in [0.1, 0.15) is 13.2 Å². The van der Waals surface area contributed by atoms with Crippen LogP contribution in [-0.2, 0) is 28.6 Å². The van der Waals surface area contributed by atoms with Crippen molar-refractivity contribution in [3.05, 3.63) is 60.8 Å². The van der Waals surface area contributed by atoms with Crippen LogP contribution < -0.4 is 0 Å². The van der Waals surface area contributed by atoms with E-state index in [1.54, 1.807) is 0 Å². The van der Waals surface area contributed by atoms with Crippen molar-refractivity contribution in [3.63, 3.8) is 0 Å². The third kappa shape index (κ3) is 63.9. The maximum Gasteiger partial charge on any atom is 0.306 e. The fourth-order valence-corrected chi connectivity index (χ4v) is 10.1.